The zero-order valence-corrected chi connectivity index (χ0v) is 9.97. The summed E-state index contributed by atoms with van der Waals surface area (Å²) in [6.45, 7) is 0.583. The number of amides is 1. The SMILES string of the molecule is Nc1cccc(C(=O)NCCc2ccccc2)n1. The van der Waals surface area contributed by atoms with Gasteiger partial charge in [0.15, 0.2) is 0 Å². The van der Waals surface area contributed by atoms with Gasteiger partial charge in [-0.3, -0.25) is 4.79 Å². The summed E-state index contributed by atoms with van der Waals surface area (Å²) in [7, 11) is 0. The molecule has 1 aromatic heterocycles. The lowest BCUT2D eigenvalue weighted by molar-refractivity contribution is 0.0949. The van der Waals surface area contributed by atoms with Gasteiger partial charge in [-0.2, -0.15) is 0 Å². The fraction of sp³-hybridized carbons (Fsp3) is 0.143. The molecule has 2 aromatic rings. The van der Waals surface area contributed by atoms with Crippen LogP contribution in [0.1, 0.15) is 16.1 Å². The zero-order chi connectivity index (χ0) is 12.8. The lowest BCUT2D eigenvalue weighted by Gasteiger charge is -2.05. The van der Waals surface area contributed by atoms with Crippen LogP contribution in [-0.2, 0) is 6.42 Å². The Bertz CT molecular complexity index is 526. The van der Waals surface area contributed by atoms with E-state index in [1.165, 1.54) is 5.56 Å². The second-order valence-electron chi connectivity index (χ2n) is 3.94. The molecule has 18 heavy (non-hydrogen) atoms. The van der Waals surface area contributed by atoms with Crippen LogP contribution in [0.3, 0.4) is 0 Å². The Hall–Kier alpha value is -2.36. The van der Waals surface area contributed by atoms with Crippen molar-refractivity contribution in [1.82, 2.24) is 10.3 Å². The number of aromatic nitrogens is 1. The van der Waals surface area contributed by atoms with Crippen LogP contribution in [0, 0.1) is 0 Å². The molecule has 0 unspecified atom stereocenters. The van der Waals surface area contributed by atoms with Crippen molar-refractivity contribution in [2.24, 2.45) is 0 Å². The van der Waals surface area contributed by atoms with Crippen LogP contribution in [-0.4, -0.2) is 17.4 Å². The Morgan fingerprint density at radius 2 is 1.89 bits per heavy atom. The molecule has 0 bridgehead atoms. The smallest absolute Gasteiger partial charge is 0.269 e. The summed E-state index contributed by atoms with van der Waals surface area (Å²) < 4.78 is 0. The summed E-state index contributed by atoms with van der Waals surface area (Å²) in [4.78, 5) is 15.7. The largest absolute Gasteiger partial charge is 0.384 e. The van der Waals surface area contributed by atoms with Crippen molar-refractivity contribution in [2.45, 2.75) is 6.42 Å². The molecule has 2 rings (SSSR count). The first-order valence-electron chi connectivity index (χ1n) is 5.80. The van der Waals surface area contributed by atoms with Crippen molar-refractivity contribution in [3.05, 3.63) is 59.8 Å². The normalized spacial score (nSPS) is 10.0. The van der Waals surface area contributed by atoms with Crippen LogP contribution in [0.4, 0.5) is 5.82 Å². The van der Waals surface area contributed by atoms with Gasteiger partial charge >= 0.3 is 0 Å². The van der Waals surface area contributed by atoms with E-state index < -0.39 is 0 Å². The highest BCUT2D eigenvalue weighted by molar-refractivity contribution is 5.92. The van der Waals surface area contributed by atoms with Gasteiger partial charge in [-0.15, -0.1) is 0 Å². The number of nitrogens with two attached hydrogens (primary N) is 1. The fourth-order valence-electron chi connectivity index (χ4n) is 1.63. The number of benzene rings is 1. The Kier molecular flexibility index (Phi) is 3.91. The molecule has 0 saturated heterocycles. The molecule has 1 aromatic carbocycles. The molecule has 0 saturated carbocycles. The molecule has 0 aliphatic carbocycles. The Labute approximate surface area is 106 Å². The maximum Gasteiger partial charge on any atom is 0.269 e. The number of carbonyl (C=O) groups excluding carboxylic acids is 1. The van der Waals surface area contributed by atoms with Crippen molar-refractivity contribution in [3.8, 4) is 0 Å². The summed E-state index contributed by atoms with van der Waals surface area (Å²) in [5, 5.41) is 2.82. The number of carbonyl (C=O) groups is 1. The first-order valence-corrected chi connectivity index (χ1v) is 5.80. The van der Waals surface area contributed by atoms with E-state index in [9.17, 15) is 4.79 Å². The lowest BCUT2D eigenvalue weighted by atomic mass is 10.1. The van der Waals surface area contributed by atoms with E-state index >= 15 is 0 Å². The quantitative estimate of drug-likeness (QED) is 0.855. The average molecular weight is 241 g/mol. The summed E-state index contributed by atoms with van der Waals surface area (Å²) >= 11 is 0. The number of anilines is 1. The number of pyridine rings is 1. The van der Waals surface area contributed by atoms with Crippen LogP contribution in [0.2, 0.25) is 0 Å². The van der Waals surface area contributed by atoms with Gasteiger partial charge < -0.3 is 11.1 Å². The lowest BCUT2D eigenvalue weighted by Crippen LogP contribution is -2.26. The molecule has 92 valence electrons. The van der Waals surface area contributed by atoms with Gasteiger partial charge in [0.2, 0.25) is 0 Å². The van der Waals surface area contributed by atoms with Gasteiger partial charge in [-0.05, 0) is 24.1 Å². The van der Waals surface area contributed by atoms with Gasteiger partial charge in [-0.25, -0.2) is 4.98 Å². The minimum absolute atomic E-state index is 0.196. The van der Waals surface area contributed by atoms with Gasteiger partial charge in [0.25, 0.3) is 5.91 Å². The standard InChI is InChI=1S/C14H15N3O/c15-13-8-4-7-12(17-13)14(18)16-10-9-11-5-2-1-3-6-11/h1-8H,9-10H2,(H2,15,17)(H,16,18). The van der Waals surface area contributed by atoms with Crippen molar-refractivity contribution >= 4 is 11.7 Å². The van der Waals surface area contributed by atoms with E-state index in [2.05, 4.69) is 10.3 Å². The first kappa shape index (κ1) is 12.1. The number of rotatable bonds is 4. The molecule has 1 amide bonds. The van der Waals surface area contributed by atoms with Crippen LogP contribution in [0.25, 0.3) is 0 Å². The third-order valence-electron chi connectivity index (χ3n) is 2.55. The van der Waals surface area contributed by atoms with E-state index in [4.69, 9.17) is 5.73 Å². The minimum atomic E-state index is -0.196. The number of hydrogen-bond donors (Lipinski definition) is 2. The molecule has 0 radical (unpaired) electrons. The van der Waals surface area contributed by atoms with E-state index in [-0.39, 0.29) is 5.91 Å². The first-order chi connectivity index (χ1) is 8.75. The molecule has 4 heteroatoms. The Morgan fingerprint density at radius 3 is 2.61 bits per heavy atom. The molecular weight excluding hydrogens is 226 g/mol. The highest BCUT2D eigenvalue weighted by atomic mass is 16.1. The monoisotopic (exact) mass is 241 g/mol. The van der Waals surface area contributed by atoms with E-state index in [0.29, 0.717) is 18.1 Å². The maximum atomic E-state index is 11.8. The molecule has 0 spiro atoms. The van der Waals surface area contributed by atoms with Crippen LogP contribution in [0.15, 0.2) is 48.5 Å². The van der Waals surface area contributed by atoms with E-state index in [0.717, 1.165) is 6.42 Å². The van der Waals surface area contributed by atoms with Crippen LogP contribution >= 0.6 is 0 Å². The molecule has 0 aliphatic rings. The number of nitrogens with one attached hydrogen (secondary N) is 1. The van der Waals surface area contributed by atoms with E-state index in [1.54, 1.807) is 18.2 Å². The second kappa shape index (κ2) is 5.82. The summed E-state index contributed by atoms with van der Waals surface area (Å²) in [6.07, 6.45) is 0.800. The van der Waals surface area contributed by atoms with Crippen molar-refractivity contribution in [3.63, 3.8) is 0 Å². The number of nitrogen functional groups attached to an aromatic ring is 1. The molecular formula is C14H15N3O. The van der Waals surface area contributed by atoms with Crippen molar-refractivity contribution in [2.75, 3.05) is 12.3 Å². The Morgan fingerprint density at radius 1 is 1.11 bits per heavy atom. The maximum absolute atomic E-state index is 11.8. The summed E-state index contributed by atoms with van der Waals surface area (Å²) in [6, 6.07) is 15.0. The molecule has 0 aliphatic heterocycles. The highest BCUT2D eigenvalue weighted by Crippen LogP contribution is 2.01. The molecule has 3 N–H and O–H groups in total. The second-order valence-corrected chi connectivity index (χ2v) is 3.94. The topological polar surface area (TPSA) is 68.0 Å². The van der Waals surface area contributed by atoms with Crippen LogP contribution in [0.5, 0.6) is 0 Å². The molecule has 1 heterocycles. The third kappa shape index (κ3) is 3.31. The molecule has 4 nitrogen and oxygen atoms in total. The number of hydrogen-bond acceptors (Lipinski definition) is 3. The molecule has 0 fully saturated rings. The predicted molar refractivity (Wildman–Crippen MR) is 71.1 cm³/mol. The van der Waals surface area contributed by atoms with Crippen molar-refractivity contribution < 1.29 is 4.79 Å². The van der Waals surface area contributed by atoms with E-state index in [1.807, 2.05) is 30.3 Å². The highest BCUT2D eigenvalue weighted by Gasteiger charge is 2.06. The number of nitrogens with zero attached hydrogens (tertiary/aromatic N) is 1. The summed E-state index contributed by atoms with van der Waals surface area (Å²) in [5.41, 5.74) is 7.07. The fourth-order valence-corrected chi connectivity index (χ4v) is 1.63. The van der Waals surface area contributed by atoms with Gasteiger partial charge in [0.1, 0.15) is 11.5 Å². The Balaban J connectivity index is 1.86. The van der Waals surface area contributed by atoms with Crippen LogP contribution < -0.4 is 11.1 Å². The predicted octanol–water partition coefficient (Wildman–Crippen LogP) is 1.64. The average Bonchev–Trinajstić information content (AvgIpc) is 2.40. The van der Waals surface area contributed by atoms with Crippen molar-refractivity contribution in [1.29, 1.82) is 0 Å². The zero-order valence-electron chi connectivity index (χ0n) is 9.97. The third-order valence-corrected chi connectivity index (χ3v) is 2.55. The van der Waals surface area contributed by atoms with Gasteiger partial charge in [-0.1, -0.05) is 36.4 Å². The molecule has 0 atom stereocenters. The van der Waals surface area contributed by atoms with Gasteiger partial charge in [0.05, 0.1) is 0 Å². The summed E-state index contributed by atoms with van der Waals surface area (Å²) in [5.74, 6) is 0.156. The van der Waals surface area contributed by atoms with Gasteiger partial charge in [0, 0.05) is 6.54 Å². The minimum Gasteiger partial charge on any atom is -0.384 e.